The number of nitrogens with one attached hydrogen (secondary N) is 1. The van der Waals surface area contributed by atoms with Crippen molar-refractivity contribution in [3.8, 4) is 6.07 Å². The highest BCUT2D eigenvalue weighted by molar-refractivity contribution is 5.94. The lowest BCUT2D eigenvalue weighted by Crippen LogP contribution is -2.25. The van der Waals surface area contributed by atoms with Crippen molar-refractivity contribution in [2.45, 2.75) is 12.5 Å². The van der Waals surface area contributed by atoms with Crippen LogP contribution in [0, 0.1) is 11.3 Å². The van der Waals surface area contributed by atoms with E-state index in [1.54, 1.807) is 6.20 Å². The fraction of sp³-hybridized carbons (Fsp3) is 0.235. The topological polar surface area (TPSA) is 77.7 Å². The summed E-state index contributed by atoms with van der Waals surface area (Å²) in [7, 11) is 0. The van der Waals surface area contributed by atoms with Gasteiger partial charge in [-0.05, 0) is 18.6 Å². The number of nitrogens with zero attached hydrogens (tertiary/aromatic N) is 4. The molecule has 1 aliphatic rings. The number of hydrogen-bond donors (Lipinski definition) is 1. The second-order valence-corrected chi connectivity index (χ2v) is 5.71. The predicted octanol–water partition coefficient (Wildman–Crippen LogP) is 2.05. The first-order valence-corrected chi connectivity index (χ1v) is 7.57. The zero-order valence-corrected chi connectivity index (χ0v) is 12.4. The Balaban J connectivity index is 1.83. The summed E-state index contributed by atoms with van der Waals surface area (Å²) in [4.78, 5) is 17.1. The number of hydrogen-bond acceptors (Lipinski definition) is 4. The van der Waals surface area contributed by atoms with E-state index in [4.69, 9.17) is 0 Å². The average molecular weight is 305 g/mol. The molecule has 114 valence electrons. The van der Waals surface area contributed by atoms with Gasteiger partial charge in [0.2, 0.25) is 0 Å². The molecule has 1 saturated heterocycles. The van der Waals surface area contributed by atoms with E-state index in [1.807, 2.05) is 41.2 Å². The highest BCUT2D eigenvalue weighted by Gasteiger charge is 2.28. The van der Waals surface area contributed by atoms with Gasteiger partial charge in [0.15, 0.2) is 0 Å². The SMILES string of the molecule is N#Cc1c(N2CC[C@@H](n3cccn3)C2)c2ccccc2[nH]c1=O. The second kappa shape index (κ2) is 5.29. The first-order chi connectivity index (χ1) is 11.3. The van der Waals surface area contributed by atoms with Crippen molar-refractivity contribution < 1.29 is 0 Å². The molecule has 0 saturated carbocycles. The van der Waals surface area contributed by atoms with Gasteiger partial charge in [-0.1, -0.05) is 18.2 Å². The van der Waals surface area contributed by atoms with Gasteiger partial charge in [0, 0.05) is 30.9 Å². The van der Waals surface area contributed by atoms with Gasteiger partial charge < -0.3 is 9.88 Å². The molecule has 2 aromatic heterocycles. The molecule has 0 bridgehead atoms. The Morgan fingerprint density at radius 3 is 2.96 bits per heavy atom. The van der Waals surface area contributed by atoms with Crippen molar-refractivity contribution in [2.75, 3.05) is 18.0 Å². The lowest BCUT2D eigenvalue weighted by Gasteiger charge is -2.21. The minimum atomic E-state index is -0.330. The third-order valence-corrected chi connectivity index (χ3v) is 4.38. The number of aromatic amines is 1. The average Bonchev–Trinajstić information content (AvgIpc) is 3.24. The van der Waals surface area contributed by atoms with Crippen molar-refractivity contribution in [3.63, 3.8) is 0 Å². The molecular formula is C17H15N5O. The summed E-state index contributed by atoms with van der Waals surface area (Å²) in [6.07, 6.45) is 4.66. The summed E-state index contributed by atoms with van der Waals surface area (Å²) < 4.78 is 1.95. The Hall–Kier alpha value is -3.07. The van der Waals surface area contributed by atoms with Crippen LogP contribution in [0.1, 0.15) is 18.0 Å². The summed E-state index contributed by atoms with van der Waals surface area (Å²) >= 11 is 0. The summed E-state index contributed by atoms with van der Waals surface area (Å²) in [5, 5.41) is 14.7. The molecule has 1 atom stereocenters. The van der Waals surface area contributed by atoms with Crippen molar-refractivity contribution in [2.24, 2.45) is 0 Å². The quantitative estimate of drug-likeness (QED) is 0.786. The highest BCUT2D eigenvalue weighted by Crippen LogP contribution is 2.32. The molecule has 0 spiro atoms. The molecule has 0 unspecified atom stereocenters. The van der Waals surface area contributed by atoms with E-state index in [-0.39, 0.29) is 17.2 Å². The van der Waals surface area contributed by atoms with Crippen LogP contribution in [0.4, 0.5) is 5.69 Å². The molecule has 3 heterocycles. The minimum absolute atomic E-state index is 0.185. The van der Waals surface area contributed by atoms with Gasteiger partial charge in [-0.15, -0.1) is 0 Å². The molecule has 23 heavy (non-hydrogen) atoms. The van der Waals surface area contributed by atoms with E-state index < -0.39 is 0 Å². The highest BCUT2D eigenvalue weighted by atomic mass is 16.1. The molecule has 6 heteroatoms. The number of pyridine rings is 1. The zero-order chi connectivity index (χ0) is 15.8. The standard InChI is InChI=1S/C17H15N5O/c18-10-14-16(13-4-1-2-5-15(13)20-17(14)23)21-9-6-12(11-21)22-8-3-7-19-22/h1-5,7-8,12H,6,9,11H2,(H,20,23)/t12-/m1/s1. The molecule has 3 aromatic rings. The molecule has 1 aliphatic heterocycles. The number of benzene rings is 1. The second-order valence-electron chi connectivity index (χ2n) is 5.71. The normalized spacial score (nSPS) is 17.5. The molecule has 0 radical (unpaired) electrons. The minimum Gasteiger partial charge on any atom is -0.368 e. The summed E-state index contributed by atoms with van der Waals surface area (Å²) in [5.74, 6) is 0. The molecule has 0 aliphatic carbocycles. The molecule has 1 aromatic carbocycles. The molecule has 4 rings (SSSR count). The first-order valence-electron chi connectivity index (χ1n) is 7.57. The smallest absolute Gasteiger partial charge is 0.268 e. The molecule has 0 amide bonds. The fourth-order valence-corrected chi connectivity index (χ4v) is 3.32. The fourth-order valence-electron chi connectivity index (χ4n) is 3.32. The third kappa shape index (κ3) is 2.18. The lowest BCUT2D eigenvalue weighted by atomic mass is 10.1. The molecule has 1 fully saturated rings. The Kier molecular flexibility index (Phi) is 3.12. The molecular weight excluding hydrogens is 290 g/mol. The van der Waals surface area contributed by atoms with E-state index in [2.05, 4.69) is 21.1 Å². The van der Waals surface area contributed by atoms with Gasteiger partial charge in [-0.2, -0.15) is 10.4 Å². The van der Waals surface area contributed by atoms with Crippen LogP contribution in [0.25, 0.3) is 10.9 Å². The van der Waals surface area contributed by atoms with Crippen molar-refractivity contribution in [3.05, 3.63) is 58.6 Å². The van der Waals surface area contributed by atoms with E-state index >= 15 is 0 Å². The number of rotatable bonds is 2. The van der Waals surface area contributed by atoms with Crippen LogP contribution in [0.15, 0.2) is 47.5 Å². The molecule has 6 nitrogen and oxygen atoms in total. The van der Waals surface area contributed by atoms with Crippen LogP contribution >= 0.6 is 0 Å². The van der Waals surface area contributed by atoms with Gasteiger partial charge >= 0.3 is 0 Å². The predicted molar refractivity (Wildman–Crippen MR) is 87.4 cm³/mol. The number of nitriles is 1. The maximum absolute atomic E-state index is 12.2. The van der Waals surface area contributed by atoms with E-state index in [0.717, 1.165) is 36.1 Å². The van der Waals surface area contributed by atoms with Crippen LogP contribution in [-0.2, 0) is 0 Å². The number of anilines is 1. The number of H-pyrrole nitrogens is 1. The van der Waals surface area contributed by atoms with E-state index in [9.17, 15) is 10.1 Å². The van der Waals surface area contributed by atoms with Crippen LogP contribution in [0.3, 0.4) is 0 Å². The third-order valence-electron chi connectivity index (χ3n) is 4.38. The van der Waals surface area contributed by atoms with Crippen LogP contribution in [0.2, 0.25) is 0 Å². The van der Waals surface area contributed by atoms with Gasteiger partial charge in [-0.25, -0.2) is 0 Å². The van der Waals surface area contributed by atoms with E-state index in [0.29, 0.717) is 0 Å². The van der Waals surface area contributed by atoms with Crippen LogP contribution in [-0.4, -0.2) is 27.9 Å². The summed E-state index contributed by atoms with van der Waals surface area (Å²) in [6.45, 7) is 1.54. The monoisotopic (exact) mass is 305 g/mol. The van der Waals surface area contributed by atoms with Crippen molar-refractivity contribution >= 4 is 16.6 Å². The first kappa shape index (κ1) is 13.6. The van der Waals surface area contributed by atoms with Gasteiger partial charge in [0.05, 0.1) is 17.2 Å². The van der Waals surface area contributed by atoms with Crippen molar-refractivity contribution in [1.29, 1.82) is 5.26 Å². The largest absolute Gasteiger partial charge is 0.368 e. The summed E-state index contributed by atoms with van der Waals surface area (Å²) in [5.41, 5.74) is 1.35. The number of aromatic nitrogens is 3. The summed E-state index contributed by atoms with van der Waals surface area (Å²) in [6, 6.07) is 11.9. The van der Waals surface area contributed by atoms with Crippen LogP contribution in [0.5, 0.6) is 0 Å². The van der Waals surface area contributed by atoms with Gasteiger partial charge in [-0.3, -0.25) is 9.48 Å². The lowest BCUT2D eigenvalue weighted by molar-refractivity contribution is 0.495. The number of fused-ring (bicyclic) bond motifs is 1. The zero-order valence-electron chi connectivity index (χ0n) is 12.4. The van der Waals surface area contributed by atoms with Gasteiger partial charge in [0.25, 0.3) is 5.56 Å². The molecule has 1 N–H and O–H groups in total. The van der Waals surface area contributed by atoms with E-state index in [1.165, 1.54) is 0 Å². The Bertz CT molecular complexity index is 951. The Labute approximate surface area is 132 Å². The maximum atomic E-state index is 12.2. The van der Waals surface area contributed by atoms with Gasteiger partial charge in [0.1, 0.15) is 11.6 Å². The maximum Gasteiger partial charge on any atom is 0.268 e. The van der Waals surface area contributed by atoms with Crippen molar-refractivity contribution in [1.82, 2.24) is 14.8 Å². The number of para-hydroxylation sites is 1. The van der Waals surface area contributed by atoms with Crippen LogP contribution < -0.4 is 10.5 Å². The Morgan fingerprint density at radius 2 is 2.17 bits per heavy atom. The Morgan fingerprint density at radius 1 is 1.30 bits per heavy atom.